The number of hydrogen-bond acceptors (Lipinski definition) is 3. The quantitative estimate of drug-likeness (QED) is 0.733. The molecule has 3 aliphatic rings. The van der Waals surface area contributed by atoms with E-state index in [4.69, 9.17) is 5.73 Å². The van der Waals surface area contributed by atoms with Crippen LogP contribution in [0.15, 0.2) is 0 Å². The van der Waals surface area contributed by atoms with Crippen LogP contribution in [-0.2, 0) is 9.59 Å². The van der Waals surface area contributed by atoms with Crippen LogP contribution < -0.4 is 11.1 Å². The van der Waals surface area contributed by atoms with Crippen LogP contribution >= 0.6 is 0 Å². The fourth-order valence-electron chi connectivity index (χ4n) is 4.32. The van der Waals surface area contributed by atoms with Crippen LogP contribution in [0.3, 0.4) is 0 Å². The third-order valence-electron chi connectivity index (χ3n) is 5.21. The van der Waals surface area contributed by atoms with Crippen LogP contribution in [0.25, 0.3) is 0 Å². The summed E-state index contributed by atoms with van der Waals surface area (Å²) < 4.78 is 0. The molecular weight excluding hydrogens is 254 g/mol. The Balaban J connectivity index is 1.71. The highest BCUT2D eigenvalue weighted by molar-refractivity contribution is 5.85. The molecule has 2 heterocycles. The standard InChI is InChI=1S/C15H25N3O2/c1-9-5-10(7-11(16)6-9)15(20)18-4-2-3-12-13(18)8-17-14(12)19/h9-13H,2-8,16H2,1H3,(H,17,19). The number of nitrogens with zero attached hydrogens (tertiary/aromatic N) is 1. The summed E-state index contributed by atoms with van der Waals surface area (Å²) in [5, 5.41) is 2.91. The average Bonchev–Trinajstić information content (AvgIpc) is 2.79. The number of nitrogens with one attached hydrogen (secondary N) is 1. The largest absolute Gasteiger partial charge is 0.354 e. The Hall–Kier alpha value is -1.10. The van der Waals surface area contributed by atoms with Crippen LogP contribution in [0.2, 0.25) is 0 Å². The summed E-state index contributed by atoms with van der Waals surface area (Å²) >= 11 is 0. The highest BCUT2D eigenvalue weighted by Crippen LogP contribution is 2.33. The fourth-order valence-corrected chi connectivity index (χ4v) is 4.32. The molecule has 2 amide bonds. The molecule has 0 spiro atoms. The second-order valence-electron chi connectivity index (χ2n) is 6.86. The Morgan fingerprint density at radius 1 is 1.35 bits per heavy atom. The molecule has 1 aliphatic carbocycles. The van der Waals surface area contributed by atoms with E-state index in [-0.39, 0.29) is 35.7 Å². The molecule has 5 nitrogen and oxygen atoms in total. The maximum atomic E-state index is 12.8. The minimum absolute atomic E-state index is 0.0161. The lowest BCUT2D eigenvalue weighted by Crippen LogP contribution is -2.52. The van der Waals surface area contributed by atoms with E-state index >= 15 is 0 Å². The Morgan fingerprint density at radius 2 is 2.15 bits per heavy atom. The number of rotatable bonds is 1. The molecule has 0 bridgehead atoms. The zero-order chi connectivity index (χ0) is 14.3. The predicted octanol–water partition coefficient (Wildman–Crippen LogP) is 0.487. The molecule has 0 aromatic carbocycles. The minimum Gasteiger partial charge on any atom is -0.354 e. The number of fused-ring (bicyclic) bond motifs is 1. The Labute approximate surface area is 120 Å². The number of amides is 2. The van der Waals surface area contributed by atoms with E-state index in [1.165, 1.54) is 0 Å². The van der Waals surface area contributed by atoms with Crippen molar-refractivity contribution >= 4 is 11.8 Å². The first-order valence-electron chi connectivity index (χ1n) is 7.90. The van der Waals surface area contributed by atoms with Crippen molar-refractivity contribution in [1.82, 2.24) is 10.2 Å². The highest BCUT2D eigenvalue weighted by atomic mass is 16.2. The van der Waals surface area contributed by atoms with E-state index in [2.05, 4.69) is 12.2 Å². The second-order valence-corrected chi connectivity index (χ2v) is 6.86. The normalized spacial score (nSPS) is 41.2. The van der Waals surface area contributed by atoms with Gasteiger partial charge in [-0.3, -0.25) is 9.59 Å². The molecule has 0 aromatic heterocycles. The number of nitrogens with two attached hydrogens (primary N) is 1. The zero-order valence-corrected chi connectivity index (χ0v) is 12.2. The molecule has 5 unspecified atom stereocenters. The number of hydrogen-bond donors (Lipinski definition) is 2. The summed E-state index contributed by atoms with van der Waals surface area (Å²) in [6.07, 6.45) is 4.63. The van der Waals surface area contributed by atoms with Crippen molar-refractivity contribution in [3.8, 4) is 0 Å². The van der Waals surface area contributed by atoms with Crippen molar-refractivity contribution < 1.29 is 9.59 Å². The zero-order valence-electron chi connectivity index (χ0n) is 12.2. The smallest absolute Gasteiger partial charge is 0.226 e. The van der Waals surface area contributed by atoms with Crippen LogP contribution in [0, 0.1) is 17.8 Å². The number of piperidine rings is 1. The Morgan fingerprint density at radius 3 is 2.90 bits per heavy atom. The van der Waals surface area contributed by atoms with Gasteiger partial charge in [0.1, 0.15) is 0 Å². The van der Waals surface area contributed by atoms with E-state index in [0.717, 1.165) is 38.6 Å². The van der Waals surface area contributed by atoms with Crippen LogP contribution in [0.5, 0.6) is 0 Å². The van der Waals surface area contributed by atoms with Gasteiger partial charge in [0.25, 0.3) is 0 Å². The fraction of sp³-hybridized carbons (Fsp3) is 0.867. The molecule has 3 rings (SSSR count). The van der Waals surface area contributed by atoms with Gasteiger partial charge in [0.05, 0.1) is 12.0 Å². The van der Waals surface area contributed by atoms with Crippen molar-refractivity contribution in [2.75, 3.05) is 13.1 Å². The summed E-state index contributed by atoms with van der Waals surface area (Å²) in [7, 11) is 0. The number of carbonyl (C=O) groups is 2. The van der Waals surface area contributed by atoms with Gasteiger partial charge in [-0.2, -0.15) is 0 Å². The third kappa shape index (κ3) is 2.43. The predicted molar refractivity (Wildman–Crippen MR) is 75.7 cm³/mol. The maximum absolute atomic E-state index is 12.8. The first-order valence-corrected chi connectivity index (χ1v) is 7.90. The van der Waals surface area contributed by atoms with E-state index in [1.807, 2.05) is 4.90 Å². The maximum Gasteiger partial charge on any atom is 0.226 e. The molecular formula is C15H25N3O2. The van der Waals surface area contributed by atoms with Crippen molar-refractivity contribution in [3.05, 3.63) is 0 Å². The summed E-state index contributed by atoms with van der Waals surface area (Å²) in [6, 6.07) is 0.230. The van der Waals surface area contributed by atoms with Crippen LogP contribution in [0.1, 0.15) is 39.0 Å². The molecule has 5 atom stereocenters. The van der Waals surface area contributed by atoms with Crippen molar-refractivity contribution in [3.63, 3.8) is 0 Å². The molecule has 0 aromatic rings. The van der Waals surface area contributed by atoms with Gasteiger partial charge in [0, 0.05) is 25.0 Å². The van der Waals surface area contributed by atoms with E-state index in [9.17, 15) is 9.59 Å². The molecule has 1 saturated carbocycles. The van der Waals surface area contributed by atoms with Crippen molar-refractivity contribution in [2.45, 2.75) is 51.1 Å². The average molecular weight is 279 g/mol. The van der Waals surface area contributed by atoms with Crippen molar-refractivity contribution in [2.24, 2.45) is 23.5 Å². The van der Waals surface area contributed by atoms with Gasteiger partial charge in [-0.15, -0.1) is 0 Å². The van der Waals surface area contributed by atoms with Gasteiger partial charge in [0.2, 0.25) is 11.8 Å². The summed E-state index contributed by atoms with van der Waals surface area (Å²) in [5.74, 6) is 0.960. The first-order chi connectivity index (χ1) is 9.56. The third-order valence-corrected chi connectivity index (χ3v) is 5.21. The molecule has 3 N–H and O–H groups in total. The Kier molecular flexibility index (Phi) is 3.71. The van der Waals surface area contributed by atoms with Gasteiger partial charge in [-0.1, -0.05) is 6.92 Å². The summed E-state index contributed by atoms with van der Waals surface area (Å²) in [5.41, 5.74) is 6.07. The topological polar surface area (TPSA) is 75.4 Å². The van der Waals surface area contributed by atoms with Crippen LogP contribution in [0.4, 0.5) is 0 Å². The molecule has 5 heteroatoms. The summed E-state index contributed by atoms with van der Waals surface area (Å²) in [4.78, 5) is 26.6. The molecule has 2 saturated heterocycles. The van der Waals surface area contributed by atoms with Gasteiger partial charge in [-0.05, 0) is 38.0 Å². The number of likely N-dealkylation sites (tertiary alicyclic amines) is 1. The molecule has 112 valence electrons. The van der Waals surface area contributed by atoms with Crippen molar-refractivity contribution in [1.29, 1.82) is 0 Å². The lowest BCUT2D eigenvalue weighted by atomic mass is 9.78. The minimum atomic E-state index is 0.0161. The Bertz CT molecular complexity index is 402. The van der Waals surface area contributed by atoms with E-state index < -0.39 is 0 Å². The van der Waals surface area contributed by atoms with Crippen LogP contribution in [-0.4, -0.2) is 41.9 Å². The first kappa shape index (κ1) is 13.9. The molecule has 20 heavy (non-hydrogen) atoms. The monoisotopic (exact) mass is 279 g/mol. The molecule has 0 radical (unpaired) electrons. The van der Waals surface area contributed by atoms with Gasteiger partial charge >= 0.3 is 0 Å². The lowest BCUT2D eigenvalue weighted by molar-refractivity contribution is -0.142. The van der Waals surface area contributed by atoms with Gasteiger partial charge in [0.15, 0.2) is 0 Å². The van der Waals surface area contributed by atoms with Gasteiger partial charge in [-0.25, -0.2) is 0 Å². The SMILES string of the molecule is CC1CC(N)CC(C(=O)N2CCCC3C(=O)NCC32)C1. The van der Waals surface area contributed by atoms with E-state index in [1.54, 1.807) is 0 Å². The van der Waals surface area contributed by atoms with E-state index in [0.29, 0.717) is 12.5 Å². The second kappa shape index (κ2) is 5.35. The molecule has 2 aliphatic heterocycles. The molecule has 3 fully saturated rings. The summed E-state index contributed by atoms with van der Waals surface area (Å²) in [6.45, 7) is 3.61. The van der Waals surface area contributed by atoms with Gasteiger partial charge < -0.3 is 16.0 Å². The lowest BCUT2D eigenvalue weighted by Gasteiger charge is -2.40. The number of carbonyl (C=O) groups excluding carboxylic acids is 2. The highest BCUT2D eigenvalue weighted by Gasteiger charge is 2.44.